The largest absolute Gasteiger partial charge is 0.466 e. The standard InChI is InChI=1S/C24H25N3O4/c1-2-31-24(30)18-11-8-14-26(16-18)23(29)21-19-12-6-7-13-20(19)22(28)27(25-21)15-17-9-4-3-5-10-17/h3-7,9-10,12-13,18H,2,8,11,14-16H2,1H3/t18-/m1/s1. The van der Waals surface area contributed by atoms with Crippen LogP contribution in [0.15, 0.2) is 59.4 Å². The van der Waals surface area contributed by atoms with Crippen molar-refractivity contribution in [3.05, 3.63) is 76.2 Å². The van der Waals surface area contributed by atoms with Crippen molar-refractivity contribution in [1.29, 1.82) is 0 Å². The van der Waals surface area contributed by atoms with Crippen molar-refractivity contribution in [2.45, 2.75) is 26.3 Å². The van der Waals surface area contributed by atoms with Gasteiger partial charge in [0.1, 0.15) is 0 Å². The smallest absolute Gasteiger partial charge is 0.310 e. The topological polar surface area (TPSA) is 81.5 Å². The number of piperidine rings is 1. The number of fused-ring (bicyclic) bond motifs is 1. The number of amides is 1. The molecule has 1 aromatic heterocycles. The molecule has 2 heterocycles. The highest BCUT2D eigenvalue weighted by Gasteiger charge is 2.31. The molecule has 1 aliphatic rings. The Kier molecular flexibility index (Phi) is 6.11. The Morgan fingerprint density at radius 1 is 1.06 bits per heavy atom. The van der Waals surface area contributed by atoms with Crippen LogP contribution in [-0.2, 0) is 16.1 Å². The highest BCUT2D eigenvalue weighted by atomic mass is 16.5. The first kappa shape index (κ1) is 20.8. The number of rotatable bonds is 5. The predicted molar refractivity (Wildman–Crippen MR) is 117 cm³/mol. The third kappa shape index (κ3) is 4.35. The van der Waals surface area contributed by atoms with Gasteiger partial charge in [-0.15, -0.1) is 0 Å². The van der Waals surface area contributed by atoms with Crippen molar-refractivity contribution in [2.24, 2.45) is 5.92 Å². The third-order valence-electron chi connectivity index (χ3n) is 5.57. The molecule has 160 valence electrons. The van der Waals surface area contributed by atoms with Crippen molar-refractivity contribution in [3.63, 3.8) is 0 Å². The number of ether oxygens (including phenoxy) is 1. The maximum atomic E-state index is 13.5. The first-order chi connectivity index (χ1) is 15.1. The first-order valence-electron chi connectivity index (χ1n) is 10.6. The second kappa shape index (κ2) is 9.12. The van der Waals surface area contributed by atoms with E-state index in [2.05, 4.69) is 5.10 Å². The summed E-state index contributed by atoms with van der Waals surface area (Å²) < 4.78 is 6.49. The van der Waals surface area contributed by atoms with Gasteiger partial charge in [0.25, 0.3) is 11.5 Å². The average molecular weight is 419 g/mol. The van der Waals surface area contributed by atoms with Gasteiger partial charge in [-0.05, 0) is 31.4 Å². The molecule has 1 amide bonds. The molecule has 1 aliphatic heterocycles. The SMILES string of the molecule is CCOC(=O)[C@@H]1CCCN(C(=O)c2nn(Cc3ccccc3)c(=O)c3ccccc23)C1. The zero-order valence-electron chi connectivity index (χ0n) is 17.5. The van der Waals surface area contributed by atoms with Gasteiger partial charge >= 0.3 is 5.97 Å². The molecule has 0 radical (unpaired) electrons. The van der Waals surface area contributed by atoms with Crippen LogP contribution in [0.2, 0.25) is 0 Å². The molecule has 3 aromatic rings. The Balaban J connectivity index is 1.70. The number of likely N-dealkylation sites (tertiary alicyclic amines) is 1. The normalized spacial score (nSPS) is 16.3. The Labute approximate surface area is 180 Å². The van der Waals surface area contributed by atoms with Gasteiger partial charge in [-0.2, -0.15) is 5.10 Å². The summed E-state index contributed by atoms with van der Waals surface area (Å²) in [5.41, 5.74) is 0.917. The van der Waals surface area contributed by atoms with Gasteiger partial charge < -0.3 is 9.64 Å². The highest BCUT2D eigenvalue weighted by molar-refractivity contribution is 6.04. The van der Waals surface area contributed by atoms with Crippen LogP contribution < -0.4 is 5.56 Å². The second-order valence-corrected chi connectivity index (χ2v) is 7.68. The van der Waals surface area contributed by atoms with E-state index in [1.165, 1.54) is 4.68 Å². The van der Waals surface area contributed by atoms with Crippen LogP contribution in [0.5, 0.6) is 0 Å². The van der Waals surface area contributed by atoms with Crippen molar-refractivity contribution in [2.75, 3.05) is 19.7 Å². The zero-order valence-corrected chi connectivity index (χ0v) is 17.5. The molecule has 1 atom stereocenters. The van der Waals surface area contributed by atoms with Crippen molar-refractivity contribution in [1.82, 2.24) is 14.7 Å². The van der Waals surface area contributed by atoms with E-state index in [1.54, 1.807) is 36.1 Å². The lowest BCUT2D eigenvalue weighted by molar-refractivity contribution is -0.149. The Bertz CT molecular complexity index is 1160. The third-order valence-corrected chi connectivity index (χ3v) is 5.57. The fraction of sp³-hybridized carbons (Fsp3) is 0.333. The van der Waals surface area contributed by atoms with Crippen LogP contribution in [0, 0.1) is 5.92 Å². The van der Waals surface area contributed by atoms with Crippen LogP contribution in [0.4, 0.5) is 0 Å². The Morgan fingerprint density at radius 2 is 1.77 bits per heavy atom. The minimum Gasteiger partial charge on any atom is -0.466 e. The summed E-state index contributed by atoms with van der Waals surface area (Å²) in [7, 11) is 0. The van der Waals surface area contributed by atoms with E-state index in [1.807, 2.05) is 30.3 Å². The summed E-state index contributed by atoms with van der Waals surface area (Å²) in [4.78, 5) is 40.3. The van der Waals surface area contributed by atoms with Crippen molar-refractivity contribution in [3.8, 4) is 0 Å². The molecule has 0 N–H and O–H groups in total. The molecular formula is C24H25N3O4. The summed E-state index contributed by atoms with van der Waals surface area (Å²) in [5.74, 6) is -0.877. The minimum atomic E-state index is -0.334. The molecular weight excluding hydrogens is 394 g/mol. The summed E-state index contributed by atoms with van der Waals surface area (Å²) in [5, 5.41) is 5.46. The Hall–Kier alpha value is -3.48. The van der Waals surface area contributed by atoms with Crippen LogP contribution >= 0.6 is 0 Å². The van der Waals surface area contributed by atoms with Gasteiger partial charge in [-0.1, -0.05) is 48.5 Å². The van der Waals surface area contributed by atoms with Gasteiger partial charge in [0.2, 0.25) is 0 Å². The van der Waals surface area contributed by atoms with Gasteiger partial charge in [0.05, 0.1) is 24.5 Å². The zero-order chi connectivity index (χ0) is 21.8. The first-order valence-corrected chi connectivity index (χ1v) is 10.6. The molecule has 7 nitrogen and oxygen atoms in total. The molecule has 0 aliphatic carbocycles. The number of benzene rings is 2. The highest BCUT2D eigenvalue weighted by Crippen LogP contribution is 2.22. The van der Waals surface area contributed by atoms with Crippen molar-refractivity contribution < 1.29 is 14.3 Å². The maximum absolute atomic E-state index is 13.5. The molecule has 0 saturated carbocycles. The fourth-order valence-corrected chi connectivity index (χ4v) is 4.02. The lowest BCUT2D eigenvalue weighted by atomic mass is 9.97. The van der Waals surface area contributed by atoms with Crippen molar-refractivity contribution >= 4 is 22.6 Å². The molecule has 0 spiro atoms. The molecule has 1 fully saturated rings. The van der Waals surface area contributed by atoms with Crippen LogP contribution in [0.25, 0.3) is 10.8 Å². The minimum absolute atomic E-state index is 0.232. The van der Waals surface area contributed by atoms with Gasteiger partial charge in [0, 0.05) is 18.5 Å². The average Bonchev–Trinajstić information content (AvgIpc) is 2.81. The Morgan fingerprint density at radius 3 is 2.52 bits per heavy atom. The molecule has 4 rings (SSSR count). The second-order valence-electron chi connectivity index (χ2n) is 7.68. The summed E-state index contributed by atoms with van der Waals surface area (Å²) in [6, 6.07) is 16.6. The van der Waals surface area contributed by atoms with Gasteiger partial charge in [-0.3, -0.25) is 14.4 Å². The van der Waals surface area contributed by atoms with E-state index in [9.17, 15) is 14.4 Å². The van der Waals surface area contributed by atoms with E-state index in [0.717, 1.165) is 12.0 Å². The molecule has 7 heteroatoms. The quantitative estimate of drug-likeness (QED) is 0.594. The van der Waals surface area contributed by atoms with Crippen LogP contribution in [0.3, 0.4) is 0 Å². The summed E-state index contributed by atoms with van der Waals surface area (Å²) >= 11 is 0. The lowest BCUT2D eigenvalue weighted by Crippen LogP contribution is -2.43. The van der Waals surface area contributed by atoms with Gasteiger partial charge in [0.15, 0.2) is 5.69 Å². The number of hydrogen-bond acceptors (Lipinski definition) is 5. The van der Waals surface area contributed by atoms with E-state index < -0.39 is 0 Å². The predicted octanol–water partition coefficient (Wildman–Crippen LogP) is 2.86. The fourth-order valence-electron chi connectivity index (χ4n) is 4.02. The van der Waals surface area contributed by atoms with Crippen LogP contribution in [-0.4, -0.2) is 46.3 Å². The lowest BCUT2D eigenvalue weighted by Gasteiger charge is -2.31. The summed E-state index contributed by atoms with van der Waals surface area (Å²) in [6.45, 7) is 3.21. The molecule has 2 aromatic carbocycles. The van der Waals surface area contributed by atoms with E-state index in [-0.39, 0.29) is 35.6 Å². The van der Waals surface area contributed by atoms with Gasteiger partial charge in [-0.25, -0.2) is 4.68 Å². The van der Waals surface area contributed by atoms with E-state index in [0.29, 0.717) is 36.9 Å². The molecule has 0 bridgehead atoms. The molecule has 1 saturated heterocycles. The number of aromatic nitrogens is 2. The monoisotopic (exact) mass is 419 g/mol. The van der Waals surface area contributed by atoms with E-state index in [4.69, 9.17) is 4.74 Å². The number of carbonyl (C=O) groups is 2. The van der Waals surface area contributed by atoms with E-state index >= 15 is 0 Å². The number of nitrogens with zero attached hydrogens (tertiary/aromatic N) is 3. The number of esters is 1. The van der Waals surface area contributed by atoms with Crippen LogP contribution in [0.1, 0.15) is 35.8 Å². The molecule has 31 heavy (non-hydrogen) atoms. The number of hydrogen-bond donors (Lipinski definition) is 0. The number of carbonyl (C=O) groups excluding carboxylic acids is 2. The maximum Gasteiger partial charge on any atom is 0.310 e. The summed E-state index contributed by atoms with van der Waals surface area (Å²) in [6.07, 6.45) is 1.42. The molecule has 0 unspecified atom stereocenters.